The van der Waals surface area contributed by atoms with Gasteiger partial charge in [-0.3, -0.25) is 14.4 Å². The first-order valence-electron chi connectivity index (χ1n) is 13.6. The minimum Gasteiger partial charge on any atom is -0.432 e. The highest BCUT2D eigenvalue weighted by molar-refractivity contribution is 6.71. The van der Waals surface area contributed by atoms with Gasteiger partial charge in [0.05, 0.1) is 30.9 Å². The minimum atomic E-state index is -2.92. The summed E-state index contributed by atoms with van der Waals surface area (Å²) in [5.41, 5.74) is 0.569. The summed E-state index contributed by atoms with van der Waals surface area (Å²) >= 11 is 0. The van der Waals surface area contributed by atoms with Gasteiger partial charge in [-0.25, -0.2) is 0 Å². The number of hydrogen-bond donors (Lipinski definition) is 3. The Balaban J connectivity index is 1.50. The Morgan fingerprint density at radius 2 is 1.90 bits per heavy atom. The van der Waals surface area contributed by atoms with Crippen molar-refractivity contribution in [2.45, 2.75) is 62.6 Å². The standard InChI is InChI=1S/C29H37N3O6Si/c1-18-26(39(3,4)37)24(16-25(34)32-14-8-11-21(32)17-33)38-29(18)22-15-20(12-13-23(22)31(2)28(29)36)30-27(35)19-9-6-5-7-10-19/h5-7,9-10,12-13,15,18,21,24,26,33,37H,8,11,14,16-17H2,1-4H3,(H,30,35)/t18-,21+,24+,26-,29+/m1/s1. The van der Waals surface area contributed by atoms with E-state index in [1.807, 2.05) is 26.1 Å². The van der Waals surface area contributed by atoms with Crippen molar-refractivity contribution in [3.8, 4) is 0 Å². The molecule has 3 heterocycles. The second-order valence-corrected chi connectivity index (χ2v) is 15.5. The van der Waals surface area contributed by atoms with Crippen molar-refractivity contribution in [1.29, 1.82) is 0 Å². The molecule has 0 aromatic heterocycles. The zero-order valence-corrected chi connectivity index (χ0v) is 23.9. The van der Waals surface area contributed by atoms with Gasteiger partial charge < -0.3 is 29.8 Å². The molecule has 39 heavy (non-hydrogen) atoms. The fraction of sp³-hybridized carbons (Fsp3) is 0.483. The van der Waals surface area contributed by atoms with Crippen LogP contribution >= 0.6 is 0 Å². The molecule has 2 aromatic rings. The van der Waals surface area contributed by atoms with Gasteiger partial charge >= 0.3 is 0 Å². The van der Waals surface area contributed by atoms with Crippen molar-refractivity contribution in [2.24, 2.45) is 5.92 Å². The summed E-state index contributed by atoms with van der Waals surface area (Å²) in [6.45, 7) is 6.05. The SMILES string of the molecule is C[C@@H]1[C@@H]([Si](C)(C)O)[C@H](CC(=O)N2CCC[C@H]2CO)O[C@@]12C(=O)N(C)c1ccc(NC(=O)c3ccccc3)cc12. The normalized spacial score (nSPS) is 28.3. The molecule has 5 rings (SSSR count). The minimum absolute atomic E-state index is 0.0288. The van der Waals surface area contributed by atoms with Crippen molar-refractivity contribution in [1.82, 2.24) is 4.90 Å². The van der Waals surface area contributed by atoms with E-state index in [1.54, 1.807) is 59.3 Å². The van der Waals surface area contributed by atoms with Crippen molar-refractivity contribution in [3.63, 3.8) is 0 Å². The van der Waals surface area contributed by atoms with E-state index in [0.29, 0.717) is 29.0 Å². The lowest BCUT2D eigenvalue weighted by Gasteiger charge is -2.32. The molecule has 0 aliphatic carbocycles. The molecule has 3 aliphatic heterocycles. The monoisotopic (exact) mass is 551 g/mol. The lowest BCUT2D eigenvalue weighted by atomic mass is 9.82. The van der Waals surface area contributed by atoms with E-state index in [9.17, 15) is 24.3 Å². The Hall–Kier alpha value is -3.05. The largest absolute Gasteiger partial charge is 0.432 e. The van der Waals surface area contributed by atoms with Gasteiger partial charge in [0.25, 0.3) is 11.8 Å². The summed E-state index contributed by atoms with van der Waals surface area (Å²) in [6, 6.07) is 14.0. The van der Waals surface area contributed by atoms with Crippen LogP contribution in [0.25, 0.3) is 0 Å². The predicted octanol–water partition coefficient (Wildman–Crippen LogP) is 3.09. The van der Waals surface area contributed by atoms with Crippen LogP contribution in [-0.4, -0.2) is 73.2 Å². The smallest absolute Gasteiger partial charge is 0.264 e. The van der Waals surface area contributed by atoms with Crippen LogP contribution < -0.4 is 10.2 Å². The molecule has 208 valence electrons. The lowest BCUT2D eigenvalue weighted by Crippen LogP contribution is -2.45. The second-order valence-electron chi connectivity index (χ2n) is 11.5. The van der Waals surface area contributed by atoms with Crippen LogP contribution in [0.5, 0.6) is 0 Å². The molecule has 0 unspecified atom stereocenters. The van der Waals surface area contributed by atoms with Gasteiger partial charge in [0.2, 0.25) is 5.91 Å². The molecule has 3 N–H and O–H groups in total. The fourth-order valence-corrected chi connectivity index (χ4v) is 9.45. The highest BCUT2D eigenvalue weighted by Gasteiger charge is 2.66. The molecule has 3 aliphatic rings. The lowest BCUT2D eigenvalue weighted by molar-refractivity contribution is -0.149. The third-order valence-electron chi connectivity index (χ3n) is 8.69. The Morgan fingerprint density at radius 1 is 1.18 bits per heavy atom. The van der Waals surface area contributed by atoms with Gasteiger partial charge in [0.15, 0.2) is 13.9 Å². The van der Waals surface area contributed by atoms with Gasteiger partial charge in [-0.2, -0.15) is 0 Å². The van der Waals surface area contributed by atoms with E-state index in [4.69, 9.17) is 4.74 Å². The maximum Gasteiger partial charge on any atom is 0.264 e. The predicted molar refractivity (Wildman–Crippen MR) is 150 cm³/mol. The van der Waals surface area contributed by atoms with Gasteiger partial charge in [-0.1, -0.05) is 25.1 Å². The zero-order valence-electron chi connectivity index (χ0n) is 22.9. The number of nitrogens with zero attached hydrogens (tertiary/aromatic N) is 2. The maximum absolute atomic E-state index is 13.9. The molecule has 0 saturated carbocycles. The van der Waals surface area contributed by atoms with Crippen LogP contribution in [0.15, 0.2) is 48.5 Å². The summed E-state index contributed by atoms with van der Waals surface area (Å²) in [4.78, 5) is 54.8. The molecule has 9 nitrogen and oxygen atoms in total. The number of carbonyl (C=O) groups excluding carboxylic acids is 3. The molecular weight excluding hydrogens is 514 g/mol. The molecule has 0 bridgehead atoms. The maximum atomic E-state index is 13.9. The number of hydrogen-bond acceptors (Lipinski definition) is 6. The summed E-state index contributed by atoms with van der Waals surface area (Å²) < 4.78 is 6.68. The Kier molecular flexibility index (Phi) is 7.17. The van der Waals surface area contributed by atoms with Crippen LogP contribution in [0.4, 0.5) is 11.4 Å². The van der Waals surface area contributed by atoms with Gasteiger partial charge in [0, 0.05) is 41.9 Å². The number of fused-ring (bicyclic) bond motifs is 2. The van der Waals surface area contributed by atoms with Gasteiger partial charge in [-0.05, 0) is 56.3 Å². The van der Waals surface area contributed by atoms with Gasteiger partial charge in [-0.15, -0.1) is 0 Å². The zero-order chi connectivity index (χ0) is 28.1. The number of likely N-dealkylation sites (N-methyl/N-ethyl adjacent to an activating group) is 1. The number of benzene rings is 2. The first-order chi connectivity index (χ1) is 18.5. The van der Waals surface area contributed by atoms with Crippen molar-refractivity contribution < 1.29 is 29.0 Å². The quantitative estimate of drug-likeness (QED) is 0.475. The Labute approximate surface area is 229 Å². The number of anilines is 2. The highest BCUT2D eigenvalue weighted by atomic mass is 28.4. The van der Waals surface area contributed by atoms with E-state index >= 15 is 0 Å². The van der Waals surface area contributed by atoms with Crippen LogP contribution in [0.2, 0.25) is 18.6 Å². The molecule has 2 aromatic carbocycles. The van der Waals surface area contributed by atoms with Gasteiger partial charge in [0.1, 0.15) is 0 Å². The van der Waals surface area contributed by atoms with Crippen LogP contribution in [-0.2, 0) is 19.9 Å². The summed E-state index contributed by atoms with van der Waals surface area (Å²) in [7, 11) is -1.22. The first-order valence-corrected chi connectivity index (χ1v) is 16.6. The number of nitrogens with one attached hydrogen (secondary N) is 1. The molecular formula is C29H37N3O6Si. The Bertz CT molecular complexity index is 1280. The molecule has 2 saturated heterocycles. The summed E-state index contributed by atoms with van der Waals surface area (Å²) in [5, 5.41) is 12.7. The van der Waals surface area contributed by atoms with E-state index in [1.165, 1.54) is 0 Å². The number of ether oxygens (including phenoxy) is 1. The van der Waals surface area contributed by atoms with Crippen LogP contribution in [0.3, 0.4) is 0 Å². The molecule has 5 atom stereocenters. The number of carbonyl (C=O) groups is 3. The van der Waals surface area contributed by atoms with E-state index in [0.717, 1.165) is 12.8 Å². The van der Waals surface area contributed by atoms with E-state index in [2.05, 4.69) is 5.32 Å². The fourth-order valence-electron chi connectivity index (χ4n) is 6.90. The average Bonchev–Trinajstić information content (AvgIpc) is 3.55. The van der Waals surface area contributed by atoms with E-state index < -0.39 is 25.9 Å². The molecule has 10 heteroatoms. The molecule has 0 radical (unpaired) electrons. The number of aliphatic hydroxyl groups excluding tert-OH is 1. The number of likely N-dealkylation sites (tertiary alicyclic amines) is 1. The summed E-state index contributed by atoms with van der Waals surface area (Å²) in [6.07, 6.45) is 0.957. The topological polar surface area (TPSA) is 119 Å². The third-order valence-corrected chi connectivity index (χ3v) is 11.2. The first kappa shape index (κ1) is 27.5. The van der Waals surface area contributed by atoms with E-state index in [-0.39, 0.29) is 42.3 Å². The number of rotatable bonds is 6. The average molecular weight is 552 g/mol. The molecule has 2 fully saturated rings. The van der Waals surface area contributed by atoms with Crippen molar-refractivity contribution in [2.75, 3.05) is 30.4 Å². The highest BCUT2D eigenvalue weighted by Crippen LogP contribution is 2.59. The summed E-state index contributed by atoms with van der Waals surface area (Å²) in [5.74, 6) is -1.06. The van der Waals surface area contributed by atoms with Crippen LogP contribution in [0, 0.1) is 5.92 Å². The van der Waals surface area contributed by atoms with Crippen molar-refractivity contribution >= 4 is 37.4 Å². The molecule has 1 spiro atoms. The third kappa shape index (κ3) is 4.59. The number of amides is 3. The Morgan fingerprint density at radius 3 is 2.56 bits per heavy atom. The number of aliphatic hydroxyl groups is 1. The van der Waals surface area contributed by atoms with Crippen molar-refractivity contribution in [3.05, 3.63) is 59.7 Å². The molecule has 3 amide bonds. The second kappa shape index (κ2) is 10.2. The van der Waals surface area contributed by atoms with Crippen LogP contribution in [0.1, 0.15) is 42.1 Å².